The number of halogens is 1. The van der Waals surface area contributed by atoms with Crippen LogP contribution in [-0.2, 0) is 6.42 Å². The first-order valence-corrected chi connectivity index (χ1v) is 6.46. The topological polar surface area (TPSA) is 40.5 Å². The van der Waals surface area contributed by atoms with Gasteiger partial charge in [-0.2, -0.15) is 0 Å². The second-order valence-corrected chi connectivity index (χ2v) is 4.98. The Morgan fingerprint density at radius 3 is 2.80 bits per heavy atom. The molecule has 2 aromatic rings. The number of hydrogen-bond donors (Lipinski definition) is 1. The number of anilines is 1. The van der Waals surface area contributed by atoms with Crippen LogP contribution in [0.25, 0.3) is 0 Å². The summed E-state index contributed by atoms with van der Waals surface area (Å²) in [6, 6.07) is 9.33. The third-order valence-corrected chi connectivity index (χ3v) is 3.64. The van der Waals surface area contributed by atoms with Gasteiger partial charge < -0.3 is 10.0 Å². The summed E-state index contributed by atoms with van der Waals surface area (Å²) in [7, 11) is 0. The predicted octanol–water partition coefficient (Wildman–Crippen LogP) is 3.04. The predicted molar refractivity (Wildman–Crippen MR) is 74.6 cm³/mol. The Balaban J connectivity index is 1.97. The summed E-state index contributed by atoms with van der Waals surface area (Å²) >= 11 is 0. The van der Waals surface area contributed by atoms with Gasteiger partial charge >= 0.3 is 0 Å². The molecule has 20 heavy (non-hydrogen) atoms. The van der Waals surface area contributed by atoms with Gasteiger partial charge in [0.2, 0.25) is 0 Å². The summed E-state index contributed by atoms with van der Waals surface area (Å²) in [6.45, 7) is 2.30. The van der Waals surface area contributed by atoms with Crippen molar-refractivity contribution in [2.75, 3.05) is 11.4 Å². The number of rotatable bonds is 1. The van der Waals surface area contributed by atoms with Crippen LogP contribution < -0.4 is 4.90 Å². The van der Waals surface area contributed by atoms with E-state index in [1.165, 1.54) is 18.2 Å². The van der Waals surface area contributed by atoms with E-state index >= 15 is 0 Å². The molecule has 3 rings (SSSR count). The van der Waals surface area contributed by atoms with Crippen LogP contribution in [0.1, 0.15) is 21.5 Å². The van der Waals surface area contributed by atoms with E-state index in [1.54, 1.807) is 30.0 Å². The van der Waals surface area contributed by atoms with Crippen LogP contribution in [-0.4, -0.2) is 17.6 Å². The minimum atomic E-state index is -0.352. The number of amides is 1. The van der Waals surface area contributed by atoms with E-state index in [2.05, 4.69) is 0 Å². The molecule has 1 heterocycles. The number of hydrogen-bond acceptors (Lipinski definition) is 2. The number of fused-ring (bicyclic) bond motifs is 1. The first-order chi connectivity index (χ1) is 9.56. The van der Waals surface area contributed by atoms with E-state index in [-0.39, 0.29) is 17.5 Å². The zero-order valence-electron chi connectivity index (χ0n) is 11.1. The molecule has 0 saturated heterocycles. The van der Waals surface area contributed by atoms with Crippen molar-refractivity contribution in [3.8, 4) is 5.75 Å². The van der Waals surface area contributed by atoms with Gasteiger partial charge in [0.25, 0.3) is 5.91 Å². The molecule has 1 aliphatic heterocycles. The molecule has 102 valence electrons. The van der Waals surface area contributed by atoms with E-state index < -0.39 is 0 Å². The second kappa shape index (κ2) is 4.63. The molecule has 4 heteroatoms. The monoisotopic (exact) mass is 271 g/mol. The minimum absolute atomic E-state index is 0.0921. The van der Waals surface area contributed by atoms with Crippen molar-refractivity contribution in [1.82, 2.24) is 0 Å². The Labute approximate surface area is 116 Å². The summed E-state index contributed by atoms with van der Waals surface area (Å²) in [4.78, 5) is 14.0. The second-order valence-electron chi connectivity index (χ2n) is 4.98. The summed E-state index contributed by atoms with van der Waals surface area (Å²) in [6.07, 6.45) is 0.721. The molecule has 0 spiro atoms. The SMILES string of the molecule is Cc1ccc(C(=O)N2CCc3ccc(F)cc32)cc1O. The standard InChI is InChI=1S/C16H14FNO2/c1-10-2-3-12(8-15(10)19)16(20)18-7-6-11-4-5-13(17)9-14(11)18/h2-5,8-9,19H,6-7H2,1H3. The number of aromatic hydroxyl groups is 1. The number of nitrogens with zero attached hydrogens (tertiary/aromatic N) is 1. The fourth-order valence-corrected chi connectivity index (χ4v) is 2.46. The number of phenolic OH excluding ortho intramolecular Hbond substituents is 1. The molecule has 0 bridgehead atoms. The Hall–Kier alpha value is -2.36. The number of carbonyl (C=O) groups excluding carboxylic acids is 1. The molecule has 3 nitrogen and oxygen atoms in total. The summed E-state index contributed by atoms with van der Waals surface area (Å²) < 4.78 is 13.3. The van der Waals surface area contributed by atoms with Gasteiger partial charge in [-0.1, -0.05) is 12.1 Å². The highest BCUT2D eigenvalue weighted by Crippen LogP contribution is 2.30. The Bertz CT molecular complexity index is 697. The average molecular weight is 271 g/mol. The first kappa shape index (κ1) is 12.7. The van der Waals surface area contributed by atoms with E-state index in [0.717, 1.165) is 17.5 Å². The third kappa shape index (κ3) is 2.03. The van der Waals surface area contributed by atoms with Crippen molar-refractivity contribution in [2.45, 2.75) is 13.3 Å². The summed E-state index contributed by atoms with van der Waals surface area (Å²) in [5.41, 5.74) is 2.71. The van der Waals surface area contributed by atoms with Crippen molar-refractivity contribution in [2.24, 2.45) is 0 Å². The molecule has 1 amide bonds. The lowest BCUT2D eigenvalue weighted by atomic mass is 10.1. The molecule has 0 unspecified atom stereocenters. The van der Waals surface area contributed by atoms with Crippen LogP contribution in [0.4, 0.5) is 10.1 Å². The normalized spacial score (nSPS) is 13.4. The first-order valence-electron chi connectivity index (χ1n) is 6.46. The smallest absolute Gasteiger partial charge is 0.258 e. The molecule has 0 aromatic heterocycles. The lowest BCUT2D eigenvalue weighted by molar-refractivity contribution is 0.0989. The van der Waals surface area contributed by atoms with Crippen molar-refractivity contribution in [1.29, 1.82) is 0 Å². The van der Waals surface area contributed by atoms with Crippen molar-refractivity contribution in [3.63, 3.8) is 0 Å². The van der Waals surface area contributed by atoms with E-state index in [0.29, 0.717) is 17.8 Å². The zero-order chi connectivity index (χ0) is 14.3. The van der Waals surface area contributed by atoms with Gasteiger partial charge in [-0.05, 0) is 48.7 Å². The number of aryl methyl sites for hydroxylation is 1. The van der Waals surface area contributed by atoms with Crippen LogP contribution in [0.15, 0.2) is 36.4 Å². The lowest BCUT2D eigenvalue weighted by Gasteiger charge is -2.17. The van der Waals surface area contributed by atoms with Crippen molar-refractivity contribution >= 4 is 11.6 Å². The van der Waals surface area contributed by atoms with Gasteiger partial charge in [0.15, 0.2) is 0 Å². The highest BCUT2D eigenvalue weighted by atomic mass is 19.1. The maximum absolute atomic E-state index is 13.3. The maximum atomic E-state index is 13.3. The molecule has 1 aliphatic rings. The van der Waals surface area contributed by atoms with Gasteiger partial charge in [-0.3, -0.25) is 4.79 Å². The molecule has 0 atom stereocenters. The van der Waals surface area contributed by atoms with Crippen LogP contribution in [0.2, 0.25) is 0 Å². The summed E-state index contributed by atoms with van der Waals surface area (Å²) in [5, 5.41) is 9.70. The highest BCUT2D eigenvalue weighted by Gasteiger charge is 2.26. The highest BCUT2D eigenvalue weighted by molar-refractivity contribution is 6.07. The van der Waals surface area contributed by atoms with Gasteiger partial charge in [-0.25, -0.2) is 4.39 Å². The molecule has 0 fully saturated rings. The largest absolute Gasteiger partial charge is 0.508 e. The molecular weight excluding hydrogens is 257 g/mol. The molecule has 1 N–H and O–H groups in total. The summed E-state index contributed by atoms with van der Waals surface area (Å²) in [5.74, 6) is -0.477. The number of benzene rings is 2. The minimum Gasteiger partial charge on any atom is -0.508 e. The Kier molecular flexibility index (Phi) is 2.93. The van der Waals surface area contributed by atoms with E-state index in [1.807, 2.05) is 0 Å². The molecular formula is C16H14FNO2. The fourth-order valence-electron chi connectivity index (χ4n) is 2.46. The lowest BCUT2D eigenvalue weighted by Crippen LogP contribution is -2.28. The van der Waals surface area contributed by atoms with Gasteiger partial charge in [0.1, 0.15) is 11.6 Å². The molecule has 2 aromatic carbocycles. The van der Waals surface area contributed by atoms with Crippen molar-refractivity contribution in [3.05, 3.63) is 58.9 Å². The number of carbonyl (C=O) groups is 1. The molecule has 0 aliphatic carbocycles. The Morgan fingerprint density at radius 1 is 1.25 bits per heavy atom. The number of phenols is 1. The van der Waals surface area contributed by atoms with Crippen LogP contribution in [0.3, 0.4) is 0 Å². The van der Waals surface area contributed by atoms with E-state index in [9.17, 15) is 14.3 Å². The molecule has 0 radical (unpaired) electrons. The van der Waals surface area contributed by atoms with Gasteiger partial charge in [0, 0.05) is 12.1 Å². The van der Waals surface area contributed by atoms with Crippen LogP contribution in [0.5, 0.6) is 5.75 Å². The van der Waals surface area contributed by atoms with Crippen molar-refractivity contribution < 1.29 is 14.3 Å². The zero-order valence-corrected chi connectivity index (χ0v) is 11.1. The average Bonchev–Trinajstić information content (AvgIpc) is 2.84. The van der Waals surface area contributed by atoms with E-state index in [4.69, 9.17) is 0 Å². The van der Waals surface area contributed by atoms with Gasteiger partial charge in [0.05, 0.1) is 5.69 Å². The van der Waals surface area contributed by atoms with Gasteiger partial charge in [-0.15, -0.1) is 0 Å². The van der Waals surface area contributed by atoms with Crippen LogP contribution in [0, 0.1) is 12.7 Å². The maximum Gasteiger partial charge on any atom is 0.258 e. The Morgan fingerprint density at radius 2 is 2.05 bits per heavy atom. The quantitative estimate of drug-likeness (QED) is 0.866. The molecule has 0 saturated carbocycles. The third-order valence-electron chi connectivity index (χ3n) is 3.64. The fraction of sp³-hybridized carbons (Fsp3) is 0.188. The van der Waals surface area contributed by atoms with Crippen LogP contribution >= 0.6 is 0 Å².